The number of amides is 1. The van der Waals surface area contributed by atoms with E-state index in [9.17, 15) is 4.79 Å². The van der Waals surface area contributed by atoms with E-state index in [1.54, 1.807) is 11.1 Å². The van der Waals surface area contributed by atoms with Crippen LogP contribution in [-0.4, -0.2) is 33.8 Å². The molecule has 0 unspecified atom stereocenters. The lowest BCUT2D eigenvalue weighted by Crippen LogP contribution is -2.34. The zero-order valence-electron chi connectivity index (χ0n) is 12.6. The summed E-state index contributed by atoms with van der Waals surface area (Å²) in [5, 5.41) is 5.79. The summed E-state index contributed by atoms with van der Waals surface area (Å²) in [5.41, 5.74) is 1.08. The van der Waals surface area contributed by atoms with Gasteiger partial charge in [-0.25, -0.2) is 4.79 Å². The van der Waals surface area contributed by atoms with E-state index in [2.05, 4.69) is 21.0 Å². The van der Waals surface area contributed by atoms with E-state index in [1.165, 1.54) is 16.4 Å². The van der Waals surface area contributed by atoms with Crippen molar-refractivity contribution in [3.05, 3.63) is 39.5 Å². The van der Waals surface area contributed by atoms with Crippen LogP contribution in [0.25, 0.3) is 0 Å². The normalized spacial score (nSPS) is 10.8. The molecule has 2 rings (SSSR count). The molecule has 7 heteroatoms. The minimum atomic E-state index is -0.131. The van der Waals surface area contributed by atoms with Crippen molar-refractivity contribution in [3.8, 4) is 0 Å². The van der Waals surface area contributed by atoms with Crippen LogP contribution in [0.15, 0.2) is 38.8 Å². The highest BCUT2D eigenvalue weighted by Crippen LogP contribution is 2.38. The van der Waals surface area contributed by atoms with E-state index in [4.69, 9.17) is 11.6 Å². The second kappa shape index (κ2) is 7.53. The molecule has 1 aromatic carbocycles. The average Bonchev–Trinajstić information content (AvgIpc) is 2.85. The quantitative estimate of drug-likeness (QED) is 0.716. The first-order chi connectivity index (χ1) is 10.5. The molecule has 22 heavy (non-hydrogen) atoms. The summed E-state index contributed by atoms with van der Waals surface area (Å²) in [6.07, 6.45) is 1.69. The molecule has 1 amide bonds. The molecule has 0 radical (unpaired) electrons. The Balaban J connectivity index is 2.29. The smallest absolute Gasteiger partial charge is 0.323 e. The highest BCUT2D eigenvalue weighted by Gasteiger charge is 2.18. The van der Waals surface area contributed by atoms with Gasteiger partial charge in [-0.3, -0.25) is 0 Å². The second-order valence-corrected chi connectivity index (χ2v) is 6.93. The number of carbonyl (C=O) groups is 1. The van der Waals surface area contributed by atoms with Gasteiger partial charge < -0.3 is 4.90 Å². The van der Waals surface area contributed by atoms with Crippen LogP contribution in [0, 0.1) is 6.92 Å². The molecule has 0 fully saturated rings. The summed E-state index contributed by atoms with van der Waals surface area (Å²) < 4.78 is 2.14. The lowest BCUT2D eigenvalue weighted by atomic mass is 10.2. The van der Waals surface area contributed by atoms with Gasteiger partial charge >= 0.3 is 6.03 Å². The third-order valence-corrected chi connectivity index (χ3v) is 5.74. The monoisotopic (exact) mass is 401 g/mol. The Bertz CT molecular complexity index is 665. The zero-order chi connectivity index (χ0) is 16.3. The third-order valence-electron chi connectivity index (χ3n) is 3.23. The molecule has 0 saturated carbocycles. The molecule has 4 nitrogen and oxygen atoms in total. The largest absolute Gasteiger partial charge is 0.344 e. The van der Waals surface area contributed by atoms with Crippen molar-refractivity contribution >= 4 is 45.3 Å². The number of benzene rings is 1. The number of carbonyl (C=O) groups excluding carboxylic acids is 1. The van der Waals surface area contributed by atoms with E-state index in [-0.39, 0.29) is 6.03 Å². The summed E-state index contributed by atoms with van der Waals surface area (Å²) in [5.74, 6) is 0. The molecule has 0 aliphatic heterocycles. The van der Waals surface area contributed by atoms with Crippen LogP contribution >= 0.6 is 39.3 Å². The van der Waals surface area contributed by atoms with Gasteiger partial charge in [0.05, 0.1) is 15.7 Å². The molecule has 0 aliphatic carbocycles. The molecular formula is C15H17BrClN3OS. The zero-order valence-corrected chi connectivity index (χ0v) is 15.8. The molecule has 0 N–H and O–H groups in total. The Morgan fingerprint density at radius 3 is 2.68 bits per heavy atom. The molecule has 2 aromatic rings. The third kappa shape index (κ3) is 3.67. The van der Waals surface area contributed by atoms with Crippen LogP contribution in [0.5, 0.6) is 0 Å². The molecule has 0 spiro atoms. The summed E-state index contributed by atoms with van der Waals surface area (Å²) in [6, 6.07) is 5.64. The molecule has 1 aromatic heterocycles. The number of aromatic nitrogens is 2. The highest BCUT2D eigenvalue weighted by molar-refractivity contribution is 9.10. The second-order valence-electron chi connectivity index (χ2n) is 4.67. The van der Waals surface area contributed by atoms with E-state index >= 15 is 0 Å². The number of hydrogen-bond acceptors (Lipinski definition) is 3. The number of aryl methyl sites for hydroxylation is 1. The van der Waals surface area contributed by atoms with E-state index < -0.39 is 0 Å². The lowest BCUT2D eigenvalue weighted by Gasteiger charge is -2.17. The molecule has 1 heterocycles. The maximum atomic E-state index is 12.3. The number of rotatable bonds is 4. The minimum Gasteiger partial charge on any atom is -0.323 e. The van der Waals surface area contributed by atoms with Gasteiger partial charge in [0.2, 0.25) is 0 Å². The fourth-order valence-electron chi connectivity index (χ4n) is 1.99. The van der Waals surface area contributed by atoms with Crippen LogP contribution < -0.4 is 0 Å². The summed E-state index contributed by atoms with van der Waals surface area (Å²) in [7, 11) is 0. The Kier molecular flexibility index (Phi) is 5.94. The number of hydrogen-bond donors (Lipinski definition) is 0. The SMILES string of the molecule is CCN(CC)C(=O)n1cc(Br)c(Sc2c(C)cccc2Cl)n1. The number of halogens is 2. The molecule has 118 valence electrons. The van der Waals surface area contributed by atoms with Gasteiger partial charge in [0, 0.05) is 18.0 Å². The first-order valence-electron chi connectivity index (χ1n) is 6.95. The van der Waals surface area contributed by atoms with E-state index in [1.807, 2.05) is 39.0 Å². The van der Waals surface area contributed by atoms with Crippen LogP contribution in [0.1, 0.15) is 19.4 Å². The first-order valence-corrected chi connectivity index (χ1v) is 8.94. The topological polar surface area (TPSA) is 38.1 Å². The maximum Gasteiger partial charge on any atom is 0.344 e. The van der Waals surface area contributed by atoms with Crippen molar-refractivity contribution in [3.63, 3.8) is 0 Å². The Morgan fingerprint density at radius 2 is 2.09 bits per heavy atom. The highest BCUT2D eigenvalue weighted by atomic mass is 79.9. The molecule has 0 atom stereocenters. The average molecular weight is 403 g/mol. The Morgan fingerprint density at radius 1 is 1.41 bits per heavy atom. The van der Waals surface area contributed by atoms with Crippen LogP contribution in [0.4, 0.5) is 4.79 Å². The van der Waals surface area contributed by atoms with Gasteiger partial charge in [0.25, 0.3) is 0 Å². The Labute approximate surface area is 148 Å². The van der Waals surface area contributed by atoms with Crippen molar-refractivity contribution in [1.82, 2.24) is 14.7 Å². The predicted octanol–water partition coefficient (Wildman–Crippen LogP) is 5.07. The molecule has 0 saturated heterocycles. The van der Waals surface area contributed by atoms with Gasteiger partial charge in [-0.15, -0.1) is 0 Å². The van der Waals surface area contributed by atoms with Gasteiger partial charge in [0.15, 0.2) is 0 Å². The van der Waals surface area contributed by atoms with Crippen molar-refractivity contribution in [2.75, 3.05) is 13.1 Å². The maximum absolute atomic E-state index is 12.3. The van der Waals surface area contributed by atoms with Crippen LogP contribution in [0.3, 0.4) is 0 Å². The van der Waals surface area contributed by atoms with Gasteiger partial charge in [-0.05, 0) is 48.3 Å². The van der Waals surface area contributed by atoms with Crippen LogP contribution in [-0.2, 0) is 0 Å². The Hall–Kier alpha value is -0.980. The fourth-order valence-corrected chi connectivity index (χ4v) is 3.71. The fraction of sp³-hybridized carbons (Fsp3) is 0.333. The molecular weight excluding hydrogens is 386 g/mol. The van der Waals surface area contributed by atoms with E-state index in [0.29, 0.717) is 18.1 Å². The summed E-state index contributed by atoms with van der Waals surface area (Å²) in [6.45, 7) is 7.20. The van der Waals surface area contributed by atoms with Gasteiger partial charge in [0.1, 0.15) is 5.03 Å². The summed E-state index contributed by atoms with van der Waals surface area (Å²) >= 11 is 11.2. The van der Waals surface area contributed by atoms with Crippen molar-refractivity contribution in [1.29, 1.82) is 0 Å². The standard InChI is InChI=1S/C15H17BrClN3OS/c1-4-19(5-2)15(21)20-9-11(16)14(18-20)22-13-10(3)7-6-8-12(13)17/h6-9H,4-5H2,1-3H3. The minimum absolute atomic E-state index is 0.131. The summed E-state index contributed by atoms with van der Waals surface area (Å²) in [4.78, 5) is 15.0. The lowest BCUT2D eigenvalue weighted by molar-refractivity contribution is 0.201. The van der Waals surface area contributed by atoms with E-state index in [0.717, 1.165) is 20.0 Å². The van der Waals surface area contributed by atoms with Crippen molar-refractivity contribution in [2.45, 2.75) is 30.7 Å². The van der Waals surface area contributed by atoms with Gasteiger partial charge in [-0.2, -0.15) is 9.78 Å². The van der Waals surface area contributed by atoms with Crippen molar-refractivity contribution < 1.29 is 4.79 Å². The molecule has 0 bridgehead atoms. The predicted molar refractivity (Wildman–Crippen MR) is 94.0 cm³/mol. The molecule has 0 aliphatic rings. The van der Waals surface area contributed by atoms with Crippen molar-refractivity contribution in [2.24, 2.45) is 0 Å². The van der Waals surface area contributed by atoms with Crippen LogP contribution in [0.2, 0.25) is 5.02 Å². The first kappa shape index (κ1) is 17.4. The number of nitrogens with zero attached hydrogens (tertiary/aromatic N) is 3. The van der Waals surface area contributed by atoms with Gasteiger partial charge in [-0.1, -0.05) is 35.5 Å².